The van der Waals surface area contributed by atoms with Crippen LogP contribution in [0.4, 0.5) is 11.6 Å². The lowest BCUT2D eigenvalue weighted by atomic mass is 9.50. The molecule has 3 aromatic rings. The van der Waals surface area contributed by atoms with Crippen molar-refractivity contribution < 1.29 is 9.84 Å². The Morgan fingerprint density at radius 2 is 1.97 bits per heavy atom. The highest BCUT2D eigenvalue weighted by molar-refractivity contribution is 6.32. The quantitative estimate of drug-likeness (QED) is 0.553. The van der Waals surface area contributed by atoms with Crippen molar-refractivity contribution in [1.29, 1.82) is 0 Å². The number of fused-ring (bicyclic) bond motifs is 1. The van der Waals surface area contributed by atoms with Gasteiger partial charge in [-0.05, 0) is 81.6 Å². The minimum Gasteiger partial charge on any atom is -0.389 e. The minimum atomic E-state index is -0.433. The van der Waals surface area contributed by atoms with E-state index in [1.165, 1.54) is 19.3 Å². The topological polar surface area (TPSA) is 88.3 Å². The molecule has 2 unspecified atom stereocenters. The Bertz CT molecular complexity index is 1270. The molecule has 8 nitrogen and oxygen atoms in total. The van der Waals surface area contributed by atoms with Crippen LogP contribution in [0.5, 0.6) is 0 Å². The molecule has 2 saturated heterocycles. The molecule has 2 aliphatic heterocycles. The van der Waals surface area contributed by atoms with Gasteiger partial charge < -0.3 is 15.2 Å². The lowest BCUT2D eigenvalue weighted by Crippen LogP contribution is -2.59. The number of nitrogens with zero attached hydrogens (tertiary/aromatic N) is 5. The first-order valence-electron chi connectivity index (χ1n) is 12.7. The van der Waals surface area contributed by atoms with Crippen molar-refractivity contribution in [2.24, 2.45) is 5.92 Å². The van der Waals surface area contributed by atoms with E-state index in [2.05, 4.69) is 44.2 Å². The lowest BCUT2D eigenvalue weighted by molar-refractivity contribution is -0.0977. The van der Waals surface area contributed by atoms with Crippen molar-refractivity contribution in [2.75, 3.05) is 31.6 Å². The number of ether oxygens (including phenoxy) is 1. The highest BCUT2D eigenvalue weighted by Gasteiger charge is 2.58. The summed E-state index contributed by atoms with van der Waals surface area (Å²) >= 11 is 6.73. The predicted molar refractivity (Wildman–Crippen MR) is 134 cm³/mol. The maximum Gasteiger partial charge on any atom is 0.227 e. The smallest absolute Gasteiger partial charge is 0.227 e. The van der Waals surface area contributed by atoms with Gasteiger partial charge in [0, 0.05) is 22.8 Å². The maximum absolute atomic E-state index is 10.4. The molecule has 0 amide bonds. The van der Waals surface area contributed by atoms with E-state index in [1.807, 2.05) is 18.5 Å². The Balaban J connectivity index is 1.08. The minimum absolute atomic E-state index is 0.274. The number of likely N-dealkylation sites (tertiary alicyclic amines) is 1. The summed E-state index contributed by atoms with van der Waals surface area (Å²) in [5, 5.41) is 20.1. The number of anilines is 2. The summed E-state index contributed by atoms with van der Waals surface area (Å²) in [6.45, 7) is 4.95. The number of hydrogen-bond donors (Lipinski definition) is 2. The van der Waals surface area contributed by atoms with Crippen LogP contribution in [0.25, 0.3) is 10.9 Å². The molecule has 2 aromatic heterocycles. The van der Waals surface area contributed by atoms with E-state index in [4.69, 9.17) is 21.3 Å². The van der Waals surface area contributed by atoms with E-state index in [0.29, 0.717) is 25.1 Å². The zero-order valence-corrected chi connectivity index (χ0v) is 20.7. The Morgan fingerprint density at radius 3 is 2.66 bits per heavy atom. The van der Waals surface area contributed by atoms with Crippen LogP contribution in [0.1, 0.15) is 50.5 Å². The summed E-state index contributed by atoms with van der Waals surface area (Å²) in [4.78, 5) is 11.7. The van der Waals surface area contributed by atoms with Crippen molar-refractivity contribution >= 4 is 34.1 Å². The number of aromatic nitrogens is 4. The Hall–Kier alpha value is -2.26. The van der Waals surface area contributed by atoms with Crippen LogP contribution in [-0.4, -0.2) is 67.7 Å². The first kappa shape index (κ1) is 22.0. The molecule has 2 atom stereocenters. The molecule has 0 radical (unpaired) electrons. The number of halogens is 1. The van der Waals surface area contributed by atoms with Crippen LogP contribution in [0.2, 0.25) is 5.02 Å². The summed E-state index contributed by atoms with van der Waals surface area (Å²) in [6, 6.07) is 4.12. The first-order chi connectivity index (χ1) is 16.9. The van der Waals surface area contributed by atoms with Crippen LogP contribution in [0.15, 0.2) is 30.7 Å². The number of benzene rings is 1. The predicted octanol–water partition coefficient (Wildman–Crippen LogP) is 4.06. The third kappa shape index (κ3) is 3.49. The first-order valence-corrected chi connectivity index (χ1v) is 13.1. The molecule has 3 saturated carbocycles. The molecule has 35 heavy (non-hydrogen) atoms. The monoisotopic (exact) mass is 494 g/mol. The molecule has 1 aromatic carbocycles. The van der Waals surface area contributed by atoms with Gasteiger partial charge in [-0.2, -0.15) is 5.10 Å². The fourth-order valence-corrected chi connectivity index (χ4v) is 6.91. The Labute approximate surface area is 209 Å². The van der Waals surface area contributed by atoms with E-state index < -0.39 is 6.10 Å². The second kappa shape index (κ2) is 7.87. The molecule has 4 heterocycles. The van der Waals surface area contributed by atoms with E-state index >= 15 is 0 Å². The Morgan fingerprint density at radius 1 is 1.17 bits per heavy atom. The van der Waals surface area contributed by atoms with E-state index in [1.54, 1.807) is 0 Å². The van der Waals surface area contributed by atoms with Gasteiger partial charge >= 0.3 is 0 Å². The van der Waals surface area contributed by atoms with Crippen LogP contribution >= 0.6 is 11.6 Å². The van der Waals surface area contributed by atoms with Gasteiger partial charge in [0.15, 0.2) is 0 Å². The summed E-state index contributed by atoms with van der Waals surface area (Å²) in [5.74, 6) is 1.85. The zero-order valence-electron chi connectivity index (χ0n) is 20.0. The normalized spacial score (nSPS) is 33.0. The van der Waals surface area contributed by atoms with Gasteiger partial charge in [0.05, 0.1) is 47.8 Å². The van der Waals surface area contributed by atoms with Gasteiger partial charge in [-0.1, -0.05) is 11.6 Å². The summed E-state index contributed by atoms with van der Waals surface area (Å²) in [6.07, 6.45) is 11.1. The van der Waals surface area contributed by atoms with Crippen molar-refractivity contribution in [3.05, 3.63) is 41.3 Å². The average Bonchev–Trinajstić information content (AvgIpc) is 3.38. The van der Waals surface area contributed by atoms with Crippen molar-refractivity contribution in [2.45, 2.75) is 62.1 Å². The molecule has 2 bridgehead atoms. The number of piperidine rings is 1. The SMILES string of the molecule is CC1(N2CCC(c3cc4nc(Nc5cnn(C67CC(C6)C7)c5)ncc4cc3Cl)CC2)COCC1O. The number of rotatable bonds is 5. The average molecular weight is 495 g/mol. The maximum atomic E-state index is 10.4. The molecule has 0 spiro atoms. The van der Waals surface area contributed by atoms with Gasteiger partial charge in [0.25, 0.3) is 0 Å². The number of nitrogens with one attached hydrogen (secondary N) is 1. The Kier molecular flexibility index (Phi) is 4.94. The molecule has 8 rings (SSSR count). The largest absolute Gasteiger partial charge is 0.389 e. The van der Waals surface area contributed by atoms with Crippen LogP contribution in [0.3, 0.4) is 0 Å². The molecular formula is C26H31ClN6O2. The van der Waals surface area contributed by atoms with Gasteiger partial charge in [-0.15, -0.1) is 0 Å². The van der Waals surface area contributed by atoms with E-state index in [9.17, 15) is 5.11 Å². The number of aliphatic hydroxyl groups excluding tert-OH is 1. The third-order valence-corrected chi connectivity index (χ3v) is 9.40. The molecule has 184 valence electrons. The molecule has 9 heteroatoms. The van der Waals surface area contributed by atoms with Crippen LogP contribution < -0.4 is 5.32 Å². The van der Waals surface area contributed by atoms with Crippen molar-refractivity contribution in [3.63, 3.8) is 0 Å². The van der Waals surface area contributed by atoms with Gasteiger partial charge in [0.2, 0.25) is 5.95 Å². The zero-order chi connectivity index (χ0) is 23.8. The van der Waals surface area contributed by atoms with Crippen molar-refractivity contribution in [3.8, 4) is 0 Å². The standard InChI is InChI=1S/C26H31ClN6O2/c1-25(15-35-14-23(25)34)32-4-2-17(3-5-32)20-7-22-18(6-21(20)27)11-28-24(31-22)30-19-12-29-33(13-19)26-8-16(9-26)10-26/h6-7,11-13,16-17,23,34H,2-5,8-10,14-15H2,1H3,(H,28,30,31). The lowest BCUT2D eigenvalue weighted by Gasteiger charge is -2.61. The molecule has 5 aliphatic rings. The highest BCUT2D eigenvalue weighted by Crippen LogP contribution is 2.62. The third-order valence-electron chi connectivity index (χ3n) is 9.07. The molecule has 2 N–H and O–H groups in total. The van der Waals surface area contributed by atoms with E-state index in [-0.39, 0.29) is 11.1 Å². The fraction of sp³-hybridized carbons (Fsp3) is 0.577. The second-order valence-corrected chi connectivity index (χ2v) is 11.7. The summed E-state index contributed by atoms with van der Waals surface area (Å²) < 4.78 is 7.67. The highest BCUT2D eigenvalue weighted by atomic mass is 35.5. The van der Waals surface area contributed by atoms with Crippen molar-refractivity contribution in [1.82, 2.24) is 24.6 Å². The fourth-order valence-electron chi connectivity index (χ4n) is 6.59. The molecular weight excluding hydrogens is 464 g/mol. The van der Waals surface area contributed by atoms with Crippen LogP contribution in [-0.2, 0) is 10.3 Å². The van der Waals surface area contributed by atoms with E-state index in [0.717, 1.165) is 59.0 Å². The summed E-state index contributed by atoms with van der Waals surface area (Å²) in [7, 11) is 0. The van der Waals surface area contributed by atoms with Crippen LogP contribution in [0, 0.1) is 5.92 Å². The van der Waals surface area contributed by atoms with Gasteiger partial charge in [-0.25, -0.2) is 9.97 Å². The second-order valence-electron chi connectivity index (χ2n) is 11.3. The molecule has 3 aliphatic carbocycles. The van der Waals surface area contributed by atoms with Gasteiger partial charge in [-0.3, -0.25) is 9.58 Å². The number of hydrogen-bond acceptors (Lipinski definition) is 7. The van der Waals surface area contributed by atoms with Gasteiger partial charge in [0.1, 0.15) is 0 Å². The molecule has 5 fully saturated rings. The number of aliphatic hydroxyl groups is 1. The summed E-state index contributed by atoms with van der Waals surface area (Å²) in [5.41, 5.74) is 2.94.